The second-order valence-corrected chi connectivity index (χ2v) is 10.5. The largest absolute Gasteiger partial charge is 0.481 e. The van der Waals surface area contributed by atoms with Crippen LogP contribution in [0.15, 0.2) is 42.5 Å². The molecule has 0 bridgehead atoms. The molecular formula is C30H40N4O8. The van der Waals surface area contributed by atoms with Gasteiger partial charge in [0.25, 0.3) is 5.91 Å². The fourth-order valence-electron chi connectivity index (χ4n) is 5.06. The van der Waals surface area contributed by atoms with Gasteiger partial charge in [0.15, 0.2) is 6.10 Å². The van der Waals surface area contributed by atoms with Gasteiger partial charge in [-0.3, -0.25) is 4.79 Å². The van der Waals surface area contributed by atoms with Crippen LogP contribution in [0.25, 0.3) is 0 Å². The van der Waals surface area contributed by atoms with Gasteiger partial charge in [-0.05, 0) is 49.8 Å². The Labute approximate surface area is 245 Å². The number of amides is 3. The Morgan fingerprint density at radius 3 is 2.60 bits per heavy atom. The lowest BCUT2D eigenvalue weighted by Gasteiger charge is -2.39. The molecule has 1 saturated carbocycles. The molecule has 1 aliphatic carbocycles. The Hall–Kier alpha value is -3.90. The lowest BCUT2D eigenvalue weighted by Crippen LogP contribution is -2.57. The Morgan fingerprint density at radius 1 is 1.17 bits per heavy atom. The number of hydrogen-bond acceptors (Lipinski definition) is 8. The van der Waals surface area contributed by atoms with Crippen LogP contribution >= 0.6 is 0 Å². The predicted molar refractivity (Wildman–Crippen MR) is 152 cm³/mol. The summed E-state index contributed by atoms with van der Waals surface area (Å²) in [6, 6.07) is 13.1. The van der Waals surface area contributed by atoms with Crippen molar-refractivity contribution < 1.29 is 38.4 Å². The van der Waals surface area contributed by atoms with Crippen LogP contribution in [-0.2, 0) is 32.0 Å². The first kappa shape index (κ1) is 31.0. The van der Waals surface area contributed by atoms with Crippen LogP contribution in [0.4, 0.5) is 9.59 Å². The summed E-state index contributed by atoms with van der Waals surface area (Å²) in [7, 11) is 2.86. The molecule has 2 aliphatic rings. The van der Waals surface area contributed by atoms with Crippen LogP contribution in [0.5, 0.6) is 5.88 Å². The third-order valence-corrected chi connectivity index (χ3v) is 7.37. The summed E-state index contributed by atoms with van der Waals surface area (Å²) < 4.78 is 22.1. The Kier molecular flexibility index (Phi) is 11.0. The number of morpholine rings is 1. The molecule has 2 N–H and O–H groups in total. The molecule has 4 rings (SSSR count). The van der Waals surface area contributed by atoms with Crippen LogP contribution in [0.1, 0.15) is 49.0 Å². The SMILES string of the molecule is COC(=O)NCCCc1cc(C(C)N(C(=O)[C@H]2CN(C(=O)O)C[C@@H](COCc3ccccc3)O2)C2CC2)cc(OC)n1. The van der Waals surface area contributed by atoms with E-state index in [1.54, 1.807) is 7.11 Å². The minimum atomic E-state index is -1.10. The van der Waals surface area contributed by atoms with Gasteiger partial charge in [0, 0.05) is 24.3 Å². The number of carbonyl (C=O) groups excluding carboxylic acids is 2. The number of hydrogen-bond donors (Lipinski definition) is 2. The van der Waals surface area contributed by atoms with Gasteiger partial charge in [0.05, 0.1) is 52.7 Å². The zero-order valence-corrected chi connectivity index (χ0v) is 24.4. The highest BCUT2D eigenvalue weighted by atomic mass is 16.5. The van der Waals surface area contributed by atoms with E-state index in [-0.39, 0.29) is 37.7 Å². The number of carboxylic acid groups (broad SMARTS) is 1. The number of nitrogens with one attached hydrogen (secondary N) is 1. The van der Waals surface area contributed by atoms with Crippen molar-refractivity contribution in [3.05, 3.63) is 59.3 Å². The average Bonchev–Trinajstić information content (AvgIpc) is 3.84. The number of alkyl carbamates (subject to hydrolysis) is 1. The van der Waals surface area contributed by atoms with Gasteiger partial charge in [0.2, 0.25) is 5.88 Å². The fraction of sp³-hybridized carbons (Fsp3) is 0.533. The highest BCUT2D eigenvalue weighted by Gasteiger charge is 2.43. The summed E-state index contributed by atoms with van der Waals surface area (Å²) in [4.78, 5) is 44.9. The van der Waals surface area contributed by atoms with Crippen LogP contribution in [0.3, 0.4) is 0 Å². The summed E-state index contributed by atoms with van der Waals surface area (Å²) in [5.41, 5.74) is 2.62. The number of rotatable bonds is 13. The van der Waals surface area contributed by atoms with Crippen molar-refractivity contribution in [3.63, 3.8) is 0 Å². The minimum Gasteiger partial charge on any atom is -0.481 e. The average molecular weight is 585 g/mol. The van der Waals surface area contributed by atoms with Crippen LogP contribution < -0.4 is 10.1 Å². The molecule has 42 heavy (non-hydrogen) atoms. The first-order valence-electron chi connectivity index (χ1n) is 14.2. The molecule has 0 spiro atoms. The molecule has 2 heterocycles. The van der Waals surface area contributed by atoms with Crippen molar-refractivity contribution in [2.24, 2.45) is 0 Å². The first-order chi connectivity index (χ1) is 20.3. The molecule has 2 fully saturated rings. The molecule has 1 aliphatic heterocycles. The normalized spacial score (nSPS) is 19.1. The molecule has 12 nitrogen and oxygen atoms in total. The molecule has 228 valence electrons. The van der Waals surface area contributed by atoms with Crippen molar-refractivity contribution >= 4 is 18.1 Å². The molecule has 1 aromatic carbocycles. The lowest BCUT2D eigenvalue weighted by atomic mass is 10.0. The van der Waals surface area contributed by atoms with Crippen molar-refractivity contribution in [1.82, 2.24) is 20.1 Å². The first-order valence-corrected chi connectivity index (χ1v) is 14.2. The van der Waals surface area contributed by atoms with Crippen LogP contribution in [0.2, 0.25) is 0 Å². The summed E-state index contributed by atoms with van der Waals surface area (Å²) in [6.07, 6.45) is -0.151. The number of ether oxygens (including phenoxy) is 4. The highest BCUT2D eigenvalue weighted by Crippen LogP contribution is 2.36. The van der Waals surface area contributed by atoms with E-state index in [1.165, 1.54) is 12.0 Å². The summed E-state index contributed by atoms with van der Waals surface area (Å²) in [5.74, 6) is 0.184. The third kappa shape index (κ3) is 8.56. The molecule has 3 atom stereocenters. The monoisotopic (exact) mass is 584 g/mol. The van der Waals surface area contributed by atoms with Crippen molar-refractivity contribution in [1.29, 1.82) is 0 Å². The van der Waals surface area contributed by atoms with Crippen molar-refractivity contribution in [2.75, 3.05) is 40.5 Å². The number of aromatic nitrogens is 1. The maximum Gasteiger partial charge on any atom is 0.407 e. The van der Waals surface area contributed by atoms with Gasteiger partial charge in [-0.1, -0.05) is 30.3 Å². The summed E-state index contributed by atoms with van der Waals surface area (Å²) >= 11 is 0. The quantitative estimate of drug-likeness (QED) is 0.339. The van der Waals surface area contributed by atoms with E-state index in [4.69, 9.17) is 14.2 Å². The van der Waals surface area contributed by atoms with Crippen LogP contribution in [-0.4, -0.2) is 96.7 Å². The Bertz CT molecular complexity index is 1210. The second-order valence-electron chi connectivity index (χ2n) is 10.5. The van der Waals surface area contributed by atoms with Crippen LogP contribution in [0, 0.1) is 0 Å². The van der Waals surface area contributed by atoms with Gasteiger partial charge < -0.3 is 39.2 Å². The molecule has 1 saturated heterocycles. The standard InChI is InChI=1S/C30H40N4O8/c1-20(22-14-23(32-27(15-22)39-2)10-7-13-31-29(36)40-3)34(24-11-12-24)28(35)26-17-33(30(37)38)16-25(42-26)19-41-18-21-8-5-4-6-9-21/h4-6,8-9,14-15,20,24-26H,7,10-13,16-19H2,1-3H3,(H,31,36)(H,37,38)/t20?,25-,26+/m0/s1. The highest BCUT2D eigenvalue weighted by molar-refractivity contribution is 5.83. The van der Waals surface area contributed by atoms with E-state index in [1.807, 2.05) is 54.3 Å². The van der Waals surface area contributed by atoms with E-state index in [2.05, 4.69) is 15.0 Å². The van der Waals surface area contributed by atoms with Gasteiger partial charge in [-0.15, -0.1) is 0 Å². The van der Waals surface area contributed by atoms with E-state index in [9.17, 15) is 19.5 Å². The Balaban J connectivity index is 1.45. The molecular weight excluding hydrogens is 544 g/mol. The minimum absolute atomic E-state index is 0.0379. The number of pyridine rings is 1. The summed E-state index contributed by atoms with van der Waals surface area (Å²) in [5, 5.41) is 12.4. The number of benzene rings is 1. The molecule has 1 aromatic heterocycles. The number of aryl methyl sites for hydroxylation is 1. The molecule has 0 radical (unpaired) electrons. The maximum absolute atomic E-state index is 14.0. The third-order valence-electron chi connectivity index (χ3n) is 7.37. The lowest BCUT2D eigenvalue weighted by molar-refractivity contribution is -0.163. The topological polar surface area (TPSA) is 140 Å². The molecule has 3 amide bonds. The molecule has 12 heteroatoms. The zero-order valence-electron chi connectivity index (χ0n) is 24.4. The van der Waals surface area contributed by atoms with Gasteiger partial charge in [0.1, 0.15) is 0 Å². The van der Waals surface area contributed by atoms with Crippen molar-refractivity contribution in [3.8, 4) is 5.88 Å². The Morgan fingerprint density at radius 2 is 1.93 bits per heavy atom. The van der Waals surface area contributed by atoms with Gasteiger partial charge >= 0.3 is 12.2 Å². The molecule has 1 unspecified atom stereocenters. The number of nitrogens with zero attached hydrogens (tertiary/aromatic N) is 3. The predicted octanol–water partition coefficient (Wildman–Crippen LogP) is 3.40. The van der Waals surface area contributed by atoms with E-state index in [0.717, 1.165) is 29.7 Å². The summed E-state index contributed by atoms with van der Waals surface area (Å²) in [6.45, 7) is 2.99. The van der Waals surface area contributed by atoms with E-state index in [0.29, 0.717) is 31.9 Å². The second kappa shape index (κ2) is 14.8. The van der Waals surface area contributed by atoms with E-state index < -0.39 is 24.4 Å². The number of methoxy groups -OCH3 is 2. The van der Waals surface area contributed by atoms with Gasteiger partial charge in [-0.2, -0.15) is 0 Å². The fourth-order valence-corrected chi connectivity index (χ4v) is 5.06. The maximum atomic E-state index is 14.0. The number of carbonyl (C=O) groups is 3. The van der Waals surface area contributed by atoms with E-state index >= 15 is 0 Å². The van der Waals surface area contributed by atoms with Crippen molar-refractivity contribution in [2.45, 2.75) is 63.5 Å². The molecule has 2 aromatic rings. The zero-order chi connectivity index (χ0) is 30.1. The smallest absolute Gasteiger partial charge is 0.407 e. The van der Waals surface area contributed by atoms with Gasteiger partial charge in [-0.25, -0.2) is 14.6 Å².